The predicted octanol–water partition coefficient (Wildman–Crippen LogP) is 3.50. The first kappa shape index (κ1) is 21.5. The normalized spacial score (nSPS) is 18.9. The molecule has 2 aliphatic rings. The molecule has 6 nitrogen and oxygen atoms in total. The number of hydrogen-bond donors (Lipinski definition) is 1. The number of rotatable bonds is 4. The molecule has 6 heteroatoms. The van der Waals surface area contributed by atoms with Gasteiger partial charge in [-0.3, -0.25) is 4.79 Å². The summed E-state index contributed by atoms with van der Waals surface area (Å²) in [5, 5.41) is 3.60. The van der Waals surface area contributed by atoms with Gasteiger partial charge in [0.1, 0.15) is 11.5 Å². The number of amides is 1. The Balaban J connectivity index is 1.23. The molecule has 0 bridgehead atoms. The van der Waals surface area contributed by atoms with Gasteiger partial charge < -0.3 is 20.0 Å². The molecule has 170 valence electrons. The Kier molecular flexibility index (Phi) is 6.26. The predicted molar refractivity (Wildman–Crippen MR) is 133 cm³/mol. The van der Waals surface area contributed by atoms with Crippen LogP contribution < -0.4 is 15.1 Å². The minimum Gasteiger partial charge on any atom is -0.368 e. The van der Waals surface area contributed by atoms with Gasteiger partial charge >= 0.3 is 0 Å². The van der Waals surface area contributed by atoms with E-state index in [1.165, 1.54) is 16.8 Å². The number of piperazine rings is 2. The van der Waals surface area contributed by atoms with Crippen molar-refractivity contribution in [2.24, 2.45) is 0 Å². The third-order valence-electron chi connectivity index (χ3n) is 6.62. The number of carbonyl (C=O) groups excluding carboxylic acids is 1. The Bertz CT molecular complexity index is 1080. The summed E-state index contributed by atoms with van der Waals surface area (Å²) in [6, 6.07) is 25.2. The van der Waals surface area contributed by atoms with Crippen LogP contribution in [0.15, 0.2) is 72.8 Å². The quantitative estimate of drug-likeness (QED) is 0.672. The highest BCUT2D eigenvalue weighted by molar-refractivity contribution is 5.93. The average Bonchev–Trinajstić information content (AvgIpc) is 2.89. The van der Waals surface area contributed by atoms with Gasteiger partial charge in [-0.05, 0) is 36.8 Å². The van der Waals surface area contributed by atoms with Gasteiger partial charge in [0, 0.05) is 57.5 Å². The van der Waals surface area contributed by atoms with Crippen molar-refractivity contribution >= 4 is 17.4 Å². The van der Waals surface area contributed by atoms with Gasteiger partial charge in [0.05, 0.1) is 0 Å². The van der Waals surface area contributed by atoms with Crippen LogP contribution in [-0.4, -0.2) is 61.6 Å². The van der Waals surface area contributed by atoms with Crippen molar-refractivity contribution in [1.82, 2.24) is 15.2 Å². The summed E-state index contributed by atoms with van der Waals surface area (Å²) in [6.07, 6.45) is 0. The molecule has 0 spiro atoms. The smallest absolute Gasteiger partial charge is 0.272 e. The van der Waals surface area contributed by atoms with Crippen LogP contribution in [-0.2, 0) is 0 Å². The average molecular weight is 442 g/mol. The highest BCUT2D eigenvalue weighted by atomic mass is 16.2. The van der Waals surface area contributed by atoms with Crippen LogP contribution in [0.3, 0.4) is 0 Å². The van der Waals surface area contributed by atoms with Crippen LogP contribution in [0.2, 0.25) is 0 Å². The topological polar surface area (TPSA) is 51.7 Å². The first-order chi connectivity index (χ1) is 16.2. The first-order valence-corrected chi connectivity index (χ1v) is 11.8. The highest BCUT2D eigenvalue weighted by Crippen LogP contribution is 2.22. The van der Waals surface area contributed by atoms with E-state index in [0.29, 0.717) is 18.8 Å². The van der Waals surface area contributed by atoms with Gasteiger partial charge in [0.15, 0.2) is 0 Å². The lowest BCUT2D eigenvalue weighted by atomic mass is 10.0. The van der Waals surface area contributed by atoms with Crippen molar-refractivity contribution in [3.8, 4) is 0 Å². The number of pyridine rings is 1. The maximum Gasteiger partial charge on any atom is 0.272 e. The molecule has 0 radical (unpaired) electrons. The molecule has 1 atom stereocenters. The van der Waals surface area contributed by atoms with Crippen molar-refractivity contribution in [3.63, 3.8) is 0 Å². The van der Waals surface area contributed by atoms with Crippen LogP contribution >= 0.6 is 0 Å². The second-order valence-electron chi connectivity index (χ2n) is 8.86. The number of benzene rings is 2. The molecule has 0 aliphatic carbocycles. The Morgan fingerprint density at radius 3 is 2.36 bits per heavy atom. The molecule has 2 aliphatic heterocycles. The third-order valence-corrected chi connectivity index (χ3v) is 6.62. The second-order valence-corrected chi connectivity index (χ2v) is 8.86. The van der Waals surface area contributed by atoms with E-state index in [-0.39, 0.29) is 11.9 Å². The lowest BCUT2D eigenvalue weighted by molar-refractivity contribution is 0.0741. The SMILES string of the molecule is Cc1ccc(N2CCN(C(=O)c3cccc(N4CCNC(c5ccccc5)C4)n3)CC2)cc1. The second kappa shape index (κ2) is 9.63. The summed E-state index contributed by atoms with van der Waals surface area (Å²) in [5.41, 5.74) is 4.30. The van der Waals surface area contributed by atoms with Gasteiger partial charge in [-0.15, -0.1) is 0 Å². The van der Waals surface area contributed by atoms with E-state index in [1.54, 1.807) is 0 Å². The lowest BCUT2D eigenvalue weighted by Gasteiger charge is -2.36. The Labute approximate surface area is 195 Å². The van der Waals surface area contributed by atoms with E-state index in [1.807, 2.05) is 29.2 Å². The number of aromatic nitrogens is 1. The summed E-state index contributed by atoms with van der Waals surface area (Å²) >= 11 is 0. The lowest BCUT2D eigenvalue weighted by Crippen LogP contribution is -2.49. The van der Waals surface area contributed by atoms with E-state index in [9.17, 15) is 4.79 Å². The number of aryl methyl sites for hydroxylation is 1. The monoisotopic (exact) mass is 441 g/mol. The van der Waals surface area contributed by atoms with E-state index in [2.05, 4.69) is 70.6 Å². The van der Waals surface area contributed by atoms with Crippen molar-refractivity contribution in [2.75, 3.05) is 55.6 Å². The van der Waals surface area contributed by atoms with E-state index in [0.717, 1.165) is 38.5 Å². The number of nitrogens with zero attached hydrogens (tertiary/aromatic N) is 4. The summed E-state index contributed by atoms with van der Waals surface area (Å²) in [5.74, 6) is 0.900. The van der Waals surface area contributed by atoms with Crippen molar-refractivity contribution in [3.05, 3.63) is 89.6 Å². The van der Waals surface area contributed by atoms with Crippen LogP contribution in [0.1, 0.15) is 27.7 Å². The zero-order valence-electron chi connectivity index (χ0n) is 19.2. The van der Waals surface area contributed by atoms with Crippen LogP contribution in [0.5, 0.6) is 0 Å². The minimum absolute atomic E-state index is 0.0233. The molecule has 33 heavy (non-hydrogen) atoms. The van der Waals surface area contributed by atoms with Crippen molar-refractivity contribution < 1.29 is 4.79 Å². The van der Waals surface area contributed by atoms with E-state index >= 15 is 0 Å². The fourth-order valence-corrected chi connectivity index (χ4v) is 4.67. The van der Waals surface area contributed by atoms with Gasteiger partial charge in [0.2, 0.25) is 0 Å². The molecule has 2 saturated heterocycles. The molecule has 1 N–H and O–H groups in total. The third kappa shape index (κ3) is 4.86. The number of hydrogen-bond acceptors (Lipinski definition) is 5. The summed E-state index contributed by atoms with van der Waals surface area (Å²) < 4.78 is 0. The maximum absolute atomic E-state index is 13.2. The molecular weight excluding hydrogens is 410 g/mol. The zero-order valence-corrected chi connectivity index (χ0v) is 19.2. The minimum atomic E-state index is 0.0233. The Morgan fingerprint density at radius 1 is 0.848 bits per heavy atom. The molecule has 0 saturated carbocycles. The molecule has 1 amide bonds. The van der Waals surface area contributed by atoms with Gasteiger partial charge in [-0.25, -0.2) is 4.98 Å². The fourth-order valence-electron chi connectivity index (χ4n) is 4.67. The molecule has 3 aromatic rings. The largest absolute Gasteiger partial charge is 0.368 e. The van der Waals surface area contributed by atoms with Gasteiger partial charge in [-0.1, -0.05) is 54.1 Å². The Morgan fingerprint density at radius 2 is 1.61 bits per heavy atom. The number of anilines is 2. The first-order valence-electron chi connectivity index (χ1n) is 11.8. The van der Waals surface area contributed by atoms with Crippen LogP contribution in [0.4, 0.5) is 11.5 Å². The van der Waals surface area contributed by atoms with E-state index in [4.69, 9.17) is 4.98 Å². The number of carbonyl (C=O) groups is 1. The molecule has 1 aromatic heterocycles. The van der Waals surface area contributed by atoms with Gasteiger partial charge in [0.25, 0.3) is 5.91 Å². The summed E-state index contributed by atoms with van der Waals surface area (Å²) in [6.45, 7) is 7.80. The van der Waals surface area contributed by atoms with Crippen molar-refractivity contribution in [1.29, 1.82) is 0 Å². The molecule has 1 unspecified atom stereocenters. The molecule has 5 rings (SSSR count). The fraction of sp³-hybridized carbons (Fsp3) is 0.333. The summed E-state index contributed by atoms with van der Waals surface area (Å²) in [4.78, 5) is 24.6. The standard InChI is InChI=1S/C27H31N5O/c1-21-10-12-23(13-11-21)30-16-18-31(19-17-30)27(33)24-8-5-9-26(29-24)32-15-14-28-25(20-32)22-6-3-2-4-7-22/h2-13,25,28H,14-20H2,1H3. The highest BCUT2D eigenvalue weighted by Gasteiger charge is 2.25. The molecular formula is C27H31N5O. The van der Waals surface area contributed by atoms with Crippen molar-refractivity contribution in [2.45, 2.75) is 13.0 Å². The maximum atomic E-state index is 13.2. The van der Waals surface area contributed by atoms with Gasteiger partial charge in [-0.2, -0.15) is 0 Å². The molecule has 2 fully saturated rings. The number of nitrogens with one attached hydrogen (secondary N) is 1. The van der Waals surface area contributed by atoms with Crippen LogP contribution in [0, 0.1) is 6.92 Å². The molecule has 2 aromatic carbocycles. The summed E-state index contributed by atoms with van der Waals surface area (Å²) in [7, 11) is 0. The zero-order chi connectivity index (χ0) is 22.6. The van der Waals surface area contributed by atoms with Crippen LogP contribution in [0.25, 0.3) is 0 Å². The Hall–Kier alpha value is -3.38. The van der Waals surface area contributed by atoms with E-state index < -0.39 is 0 Å². The molecule has 3 heterocycles.